The molecule has 8 heteroatoms. The summed E-state index contributed by atoms with van der Waals surface area (Å²) in [7, 11) is -3.71. The summed E-state index contributed by atoms with van der Waals surface area (Å²) in [5, 5.41) is 17.3. The molecule has 1 fully saturated rings. The smallest absolute Gasteiger partial charge is 0.329 e. The molecular weight excluding hydrogens is 344 g/mol. The van der Waals surface area contributed by atoms with Crippen LogP contribution in [0.5, 0.6) is 0 Å². The van der Waals surface area contributed by atoms with Gasteiger partial charge in [-0.15, -0.1) is 0 Å². The average Bonchev–Trinajstić information content (AvgIpc) is 2.54. The lowest BCUT2D eigenvalue weighted by Crippen LogP contribution is -2.56. The number of rotatable bonds is 6. The second kappa shape index (κ2) is 7.53. The van der Waals surface area contributed by atoms with Gasteiger partial charge in [0, 0.05) is 5.56 Å². The lowest BCUT2D eigenvalue weighted by atomic mass is 9.75. The third-order valence-corrected chi connectivity index (χ3v) is 5.59. The fourth-order valence-corrected chi connectivity index (χ4v) is 3.94. The van der Waals surface area contributed by atoms with Gasteiger partial charge in [-0.2, -0.15) is 0 Å². The summed E-state index contributed by atoms with van der Waals surface area (Å²) < 4.78 is 22.4. The molecule has 0 heterocycles. The molecule has 0 radical (unpaired) electrons. The van der Waals surface area contributed by atoms with Crippen molar-refractivity contribution in [1.82, 2.24) is 5.32 Å². The predicted molar refractivity (Wildman–Crippen MR) is 93.3 cm³/mol. The number of nitrogens with one attached hydrogen (secondary N) is 1. The van der Waals surface area contributed by atoms with E-state index in [0.29, 0.717) is 24.3 Å². The molecule has 0 aliphatic heterocycles. The highest BCUT2D eigenvalue weighted by Crippen LogP contribution is 2.34. The van der Waals surface area contributed by atoms with Gasteiger partial charge >= 0.3 is 5.97 Å². The number of hydrogen-bond acceptors (Lipinski definition) is 4. The zero-order valence-electron chi connectivity index (χ0n) is 14.2. The van der Waals surface area contributed by atoms with Crippen molar-refractivity contribution in [1.29, 1.82) is 0 Å². The summed E-state index contributed by atoms with van der Waals surface area (Å²) in [6, 6.07) is 6.06. The Labute approximate surface area is 147 Å². The van der Waals surface area contributed by atoms with Crippen molar-refractivity contribution in [2.45, 2.75) is 50.3 Å². The Bertz CT molecular complexity index is 752. The number of carboxylic acids is 1. The number of carbonyl (C=O) groups excluding carboxylic acids is 1. The van der Waals surface area contributed by atoms with Crippen LogP contribution in [-0.2, 0) is 20.6 Å². The van der Waals surface area contributed by atoms with E-state index in [4.69, 9.17) is 5.14 Å². The molecule has 138 valence electrons. The van der Waals surface area contributed by atoms with Crippen LogP contribution < -0.4 is 10.5 Å². The van der Waals surface area contributed by atoms with Crippen molar-refractivity contribution < 1.29 is 23.1 Å². The van der Waals surface area contributed by atoms with Crippen LogP contribution in [0, 0.1) is 5.92 Å². The van der Waals surface area contributed by atoms with Crippen molar-refractivity contribution in [3.8, 4) is 0 Å². The van der Waals surface area contributed by atoms with Crippen molar-refractivity contribution in [3.63, 3.8) is 0 Å². The molecule has 1 saturated carbocycles. The summed E-state index contributed by atoms with van der Waals surface area (Å²) in [6.45, 7) is 2.08. The lowest BCUT2D eigenvalue weighted by molar-refractivity contribution is -0.146. The Morgan fingerprint density at radius 3 is 2.48 bits per heavy atom. The van der Waals surface area contributed by atoms with Crippen LogP contribution in [0.4, 0.5) is 0 Å². The SMILES string of the molecule is CCC1CCC(NC(=O)c2cccc(CS(N)(=O)=O)c2)(C(=O)O)CC1. The molecule has 0 unspecified atom stereocenters. The number of amides is 1. The Morgan fingerprint density at radius 1 is 1.32 bits per heavy atom. The molecule has 1 aliphatic carbocycles. The topological polar surface area (TPSA) is 127 Å². The number of sulfonamides is 1. The lowest BCUT2D eigenvalue weighted by Gasteiger charge is -2.37. The van der Waals surface area contributed by atoms with Crippen LogP contribution in [0.1, 0.15) is 54.9 Å². The van der Waals surface area contributed by atoms with E-state index >= 15 is 0 Å². The Hall–Kier alpha value is -1.93. The molecule has 0 aromatic heterocycles. The van der Waals surface area contributed by atoms with Gasteiger partial charge in [0.25, 0.3) is 5.91 Å². The Kier molecular flexibility index (Phi) is 5.84. The summed E-state index contributed by atoms with van der Waals surface area (Å²) in [4.78, 5) is 24.3. The van der Waals surface area contributed by atoms with Gasteiger partial charge in [0.1, 0.15) is 5.54 Å². The number of benzene rings is 1. The van der Waals surface area contributed by atoms with E-state index in [1.165, 1.54) is 12.1 Å². The van der Waals surface area contributed by atoms with E-state index in [1.54, 1.807) is 12.1 Å². The highest BCUT2D eigenvalue weighted by atomic mass is 32.2. The van der Waals surface area contributed by atoms with E-state index in [1.807, 2.05) is 0 Å². The van der Waals surface area contributed by atoms with Gasteiger partial charge in [0.2, 0.25) is 10.0 Å². The van der Waals surface area contributed by atoms with Crippen molar-refractivity contribution in [3.05, 3.63) is 35.4 Å². The number of carboxylic acid groups (broad SMARTS) is 1. The summed E-state index contributed by atoms with van der Waals surface area (Å²) in [6.07, 6.45) is 3.30. The molecule has 0 bridgehead atoms. The van der Waals surface area contributed by atoms with Crippen LogP contribution in [-0.4, -0.2) is 30.9 Å². The average molecular weight is 368 g/mol. The highest BCUT2D eigenvalue weighted by Gasteiger charge is 2.43. The minimum absolute atomic E-state index is 0.222. The second-order valence-corrected chi connectivity index (χ2v) is 8.31. The number of aliphatic carboxylic acids is 1. The first kappa shape index (κ1) is 19.4. The second-order valence-electron chi connectivity index (χ2n) is 6.70. The van der Waals surface area contributed by atoms with Gasteiger partial charge in [-0.25, -0.2) is 18.4 Å². The normalized spacial score (nSPS) is 23.8. The number of nitrogens with two attached hydrogens (primary N) is 1. The van der Waals surface area contributed by atoms with Gasteiger partial charge in [0.05, 0.1) is 5.75 Å². The minimum atomic E-state index is -3.71. The molecule has 4 N–H and O–H groups in total. The third kappa shape index (κ3) is 5.02. The van der Waals surface area contributed by atoms with Gasteiger partial charge in [-0.05, 0) is 49.3 Å². The monoisotopic (exact) mass is 368 g/mol. The molecule has 2 rings (SSSR count). The quantitative estimate of drug-likeness (QED) is 0.703. The fourth-order valence-electron chi connectivity index (χ4n) is 3.30. The first-order valence-electron chi connectivity index (χ1n) is 8.30. The molecular formula is C17H24N2O5S. The van der Waals surface area contributed by atoms with Crippen LogP contribution in [0.25, 0.3) is 0 Å². The van der Waals surface area contributed by atoms with Crippen molar-refractivity contribution >= 4 is 21.9 Å². The van der Waals surface area contributed by atoms with E-state index in [2.05, 4.69) is 12.2 Å². The summed E-state index contributed by atoms with van der Waals surface area (Å²) in [5.74, 6) is -1.44. The molecule has 1 amide bonds. The molecule has 25 heavy (non-hydrogen) atoms. The number of primary sulfonamides is 1. The zero-order chi connectivity index (χ0) is 18.7. The maximum absolute atomic E-state index is 12.5. The maximum Gasteiger partial charge on any atom is 0.329 e. The van der Waals surface area contributed by atoms with Crippen LogP contribution >= 0.6 is 0 Å². The van der Waals surface area contributed by atoms with Gasteiger partial charge in [0.15, 0.2) is 0 Å². The minimum Gasteiger partial charge on any atom is -0.480 e. The summed E-state index contributed by atoms with van der Waals surface area (Å²) >= 11 is 0. The first-order chi connectivity index (χ1) is 11.6. The van der Waals surface area contributed by atoms with Gasteiger partial charge in [-0.1, -0.05) is 25.5 Å². The Morgan fingerprint density at radius 2 is 1.96 bits per heavy atom. The molecule has 0 atom stereocenters. The molecule has 7 nitrogen and oxygen atoms in total. The van der Waals surface area contributed by atoms with E-state index in [0.717, 1.165) is 19.3 Å². The molecule has 1 aromatic carbocycles. The third-order valence-electron chi connectivity index (χ3n) is 4.86. The predicted octanol–water partition coefficient (Wildman–Crippen LogP) is 1.63. The standard InChI is InChI=1S/C17H24N2O5S/c1-2-12-6-8-17(9-7-12,16(21)22)19-15(20)14-5-3-4-13(10-14)11-25(18,23)24/h3-5,10,12H,2,6-9,11H2,1H3,(H,19,20)(H,21,22)(H2,18,23,24). The van der Waals surface area contributed by atoms with E-state index in [9.17, 15) is 23.1 Å². The molecule has 0 spiro atoms. The van der Waals surface area contributed by atoms with Crippen LogP contribution in [0.3, 0.4) is 0 Å². The molecule has 1 aromatic rings. The van der Waals surface area contributed by atoms with Gasteiger partial charge in [-0.3, -0.25) is 4.79 Å². The van der Waals surface area contributed by atoms with E-state index < -0.39 is 27.4 Å². The van der Waals surface area contributed by atoms with E-state index in [-0.39, 0.29) is 11.3 Å². The zero-order valence-corrected chi connectivity index (χ0v) is 15.0. The largest absolute Gasteiger partial charge is 0.480 e. The Balaban J connectivity index is 2.17. The van der Waals surface area contributed by atoms with Crippen LogP contribution in [0.15, 0.2) is 24.3 Å². The van der Waals surface area contributed by atoms with Crippen LogP contribution in [0.2, 0.25) is 0 Å². The highest BCUT2D eigenvalue weighted by molar-refractivity contribution is 7.88. The molecule has 1 aliphatic rings. The fraction of sp³-hybridized carbons (Fsp3) is 0.529. The van der Waals surface area contributed by atoms with Crippen molar-refractivity contribution in [2.24, 2.45) is 11.1 Å². The first-order valence-corrected chi connectivity index (χ1v) is 10.0. The maximum atomic E-state index is 12.5. The number of hydrogen-bond donors (Lipinski definition) is 3. The van der Waals surface area contributed by atoms with Crippen molar-refractivity contribution in [2.75, 3.05) is 0 Å². The number of carbonyl (C=O) groups is 2. The summed E-state index contributed by atoms with van der Waals surface area (Å²) in [5.41, 5.74) is -0.660. The van der Waals surface area contributed by atoms with Gasteiger partial charge < -0.3 is 10.4 Å². The molecule has 0 saturated heterocycles.